The number of carbonyl (C=O) groups is 1. The highest BCUT2D eigenvalue weighted by Gasteiger charge is 2.21. The first-order valence-electron chi connectivity index (χ1n) is 6.93. The summed E-state index contributed by atoms with van der Waals surface area (Å²) in [4.78, 5) is 18.2. The van der Waals surface area contributed by atoms with Gasteiger partial charge in [0.2, 0.25) is 0 Å². The lowest BCUT2D eigenvalue weighted by molar-refractivity contribution is 0.0690. The summed E-state index contributed by atoms with van der Waals surface area (Å²) in [6.45, 7) is 0. The molecule has 2 aromatic heterocycles. The molecule has 5 nitrogen and oxygen atoms in total. The van der Waals surface area contributed by atoms with E-state index in [9.17, 15) is 18.0 Å². The first-order valence-corrected chi connectivity index (χ1v) is 6.93. The lowest BCUT2D eigenvalue weighted by Gasteiger charge is -2.10. The first-order chi connectivity index (χ1) is 12.0. The number of benzene rings is 1. The number of carboxylic acids is 1. The number of hydrogen-bond donors (Lipinski definition) is 1. The van der Waals surface area contributed by atoms with Crippen LogP contribution in [0.25, 0.3) is 11.3 Å². The number of carboxylic acid groups (broad SMARTS) is 1. The van der Waals surface area contributed by atoms with Crippen LogP contribution in [0.4, 0.5) is 13.2 Å². The van der Waals surface area contributed by atoms with Gasteiger partial charge in [-0.25, -0.2) is 22.9 Å². The highest BCUT2D eigenvalue weighted by molar-refractivity contribution is 5.86. The largest absolute Gasteiger partial charge is 0.477 e. The number of rotatable bonds is 4. The first kappa shape index (κ1) is 16.4. The summed E-state index contributed by atoms with van der Waals surface area (Å²) in [5.41, 5.74) is -2.04. The van der Waals surface area contributed by atoms with E-state index in [0.717, 1.165) is 24.3 Å². The molecule has 0 radical (unpaired) electrons. The summed E-state index contributed by atoms with van der Waals surface area (Å²) < 4.78 is 47.8. The van der Waals surface area contributed by atoms with Gasteiger partial charge in [-0.05, 0) is 24.3 Å². The normalized spacial score (nSPS) is 10.5. The van der Waals surface area contributed by atoms with Crippen molar-refractivity contribution in [2.75, 3.05) is 0 Å². The monoisotopic (exact) mass is 346 g/mol. The number of halogens is 3. The predicted octanol–water partition coefficient (Wildman–Crippen LogP) is 4.05. The minimum atomic E-state index is -1.44. The van der Waals surface area contributed by atoms with Crippen LogP contribution in [0.3, 0.4) is 0 Å². The van der Waals surface area contributed by atoms with Gasteiger partial charge in [-0.1, -0.05) is 0 Å². The number of aromatic carboxylic acids is 1. The van der Waals surface area contributed by atoms with Crippen molar-refractivity contribution >= 4 is 5.97 Å². The van der Waals surface area contributed by atoms with E-state index >= 15 is 0 Å². The van der Waals surface area contributed by atoms with Gasteiger partial charge in [0.05, 0.1) is 5.56 Å². The molecule has 1 N–H and O–H groups in total. The molecule has 0 saturated carbocycles. The summed E-state index contributed by atoms with van der Waals surface area (Å²) in [5, 5.41) is 8.90. The van der Waals surface area contributed by atoms with Crippen LogP contribution >= 0.6 is 0 Å². The second-order valence-electron chi connectivity index (χ2n) is 4.88. The van der Waals surface area contributed by atoms with Gasteiger partial charge in [0.25, 0.3) is 0 Å². The molecule has 0 saturated heterocycles. The van der Waals surface area contributed by atoms with Crippen LogP contribution in [0.5, 0.6) is 11.5 Å². The zero-order valence-corrected chi connectivity index (χ0v) is 12.4. The quantitative estimate of drug-likeness (QED) is 0.771. The van der Waals surface area contributed by atoms with Crippen LogP contribution in [-0.2, 0) is 0 Å². The van der Waals surface area contributed by atoms with Crippen LogP contribution < -0.4 is 4.74 Å². The van der Waals surface area contributed by atoms with Crippen molar-refractivity contribution in [3.8, 4) is 22.8 Å². The van der Waals surface area contributed by atoms with Crippen molar-refractivity contribution in [2.24, 2.45) is 0 Å². The molecule has 0 bridgehead atoms. The van der Waals surface area contributed by atoms with E-state index in [2.05, 4.69) is 9.97 Å². The summed E-state index contributed by atoms with van der Waals surface area (Å²) in [7, 11) is 0. The van der Waals surface area contributed by atoms with Gasteiger partial charge >= 0.3 is 5.97 Å². The minimum absolute atomic E-state index is 0.153. The third kappa shape index (κ3) is 3.42. The van der Waals surface area contributed by atoms with Crippen LogP contribution in [0.15, 0.2) is 48.8 Å². The Kier molecular flexibility index (Phi) is 4.34. The van der Waals surface area contributed by atoms with Crippen LogP contribution in [-0.4, -0.2) is 21.0 Å². The molecular formula is C17H9F3N2O3. The fraction of sp³-hybridized carbons (Fsp3) is 0. The molecule has 0 aliphatic rings. The molecule has 25 heavy (non-hydrogen) atoms. The predicted molar refractivity (Wildman–Crippen MR) is 80.8 cm³/mol. The molecule has 0 unspecified atom stereocenters. The Bertz CT molecular complexity index is 926. The number of nitrogens with zero attached hydrogens (tertiary/aromatic N) is 2. The highest BCUT2D eigenvalue weighted by Crippen LogP contribution is 2.32. The van der Waals surface area contributed by atoms with Crippen molar-refractivity contribution in [3.63, 3.8) is 0 Å². The van der Waals surface area contributed by atoms with Gasteiger partial charge < -0.3 is 9.84 Å². The van der Waals surface area contributed by atoms with Gasteiger partial charge in [-0.3, -0.25) is 4.98 Å². The average molecular weight is 346 g/mol. The Morgan fingerprint density at radius 2 is 1.56 bits per heavy atom. The number of aromatic nitrogens is 2. The highest BCUT2D eigenvalue weighted by atomic mass is 19.1. The molecule has 126 valence electrons. The smallest absolute Gasteiger partial charge is 0.354 e. The standard InChI is InChI=1S/C17H9F3N2O3/c18-11-1-2-14(17(23)24)22-16(11)15-12(19)7-10(8-13(15)20)25-9-3-5-21-6-4-9/h1-8H,(H,23,24). The van der Waals surface area contributed by atoms with Crippen LogP contribution in [0.2, 0.25) is 0 Å². The van der Waals surface area contributed by atoms with Crippen molar-refractivity contribution < 1.29 is 27.8 Å². The lowest BCUT2D eigenvalue weighted by Crippen LogP contribution is -2.04. The summed E-state index contributed by atoms with van der Waals surface area (Å²) in [6.07, 6.45) is 2.88. The van der Waals surface area contributed by atoms with Gasteiger partial charge in [0, 0.05) is 24.5 Å². The second kappa shape index (κ2) is 6.60. The molecule has 0 spiro atoms. The minimum Gasteiger partial charge on any atom is -0.477 e. The maximum Gasteiger partial charge on any atom is 0.354 e. The van der Waals surface area contributed by atoms with Crippen molar-refractivity contribution in [3.05, 3.63) is 71.9 Å². The second-order valence-corrected chi connectivity index (χ2v) is 4.88. The van der Waals surface area contributed by atoms with Gasteiger partial charge in [0.15, 0.2) is 0 Å². The molecule has 0 aliphatic heterocycles. The van der Waals surface area contributed by atoms with E-state index < -0.39 is 40.4 Å². The number of pyridine rings is 2. The molecule has 0 atom stereocenters. The molecule has 2 heterocycles. The van der Waals surface area contributed by atoms with Gasteiger partial charge in [-0.2, -0.15) is 0 Å². The summed E-state index contributed by atoms with van der Waals surface area (Å²) >= 11 is 0. The molecule has 1 aromatic carbocycles. The van der Waals surface area contributed by atoms with E-state index in [1.165, 1.54) is 24.5 Å². The van der Waals surface area contributed by atoms with Crippen molar-refractivity contribution in [2.45, 2.75) is 0 Å². The summed E-state index contributed by atoms with van der Waals surface area (Å²) in [6, 6.07) is 6.37. The lowest BCUT2D eigenvalue weighted by atomic mass is 10.1. The Hall–Kier alpha value is -3.42. The Balaban J connectivity index is 2.04. The maximum absolute atomic E-state index is 14.3. The number of hydrogen-bond acceptors (Lipinski definition) is 4. The third-order valence-electron chi connectivity index (χ3n) is 3.20. The molecule has 0 aliphatic carbocycles. The Morgan fingerprint density at radius 1 is 0.920 bits per heavy atom. The van der Waals surface area contributed by atoms with E-state index in [4.69, 9.17) is 9.84 Å². The fourth-order valence-electron chi connectivity index (χ4n) is 2.11. The topological polar surface area (TPSA) is 72.3 Å². The van der Waals surface area contributed by atoms with Gasteiger partial charge in [0.1, 0.15) is 40.3 Å². The average Bonchev–Trinajstić information content (AvgIpc) is 2.56. The van der Waals surface area contributed by atoms with Gasteiger partial charge in [-0.15, -0.1) is 0 Å². The zero-order valence-electron chi connectivity index (χ0n) is 12.4. The third-order valence-corrected chi connectivity index (χ3v) is 3.20. The van der Waals surface area contributed by atoms with Crippen LogP contribution in [0, 0.1) is 17.5 Å². The SMILES string of the molecule is O=C(O)c1ccc(F)c(-c2c(F)cc(Oc3ccncc3)cc2F)n1. The molecule has 3 rings (SSSR count). The van der Waals surface area contributed by atoms with E-state index in [1.807, 2.05) is 0 Å². The Labute approximate surface area is 139 Å². The zero-order chi connectivity index (χ0) is 18.0. The van der Waals surface area contributed by atoms with Crippen molar-refractivity contribution in [1.29, 1.82) is 0 Å². The number of ether oxygens (including phenoxy) is 1. The van der Waals surface area contributed by atoms with E-state index in [-0.39, 0.29) is 5.75 Å². The molecule has 0 fully saturated rings. The molecule has 0 amide bonds. The Morgan fingerprint density at radius 3 is 2.16 bits per heavy atom. The molecule has 8 heteroatoms. The summed E-state index contributed by atoms with van der Waals surface area (Å²) in [5.74, 6) is -4.63. The van der Waals surface area contributed by atoms with E-state index in [0.29, 0.717) is 5.75 Å². The molecular weight excluding hydrogens is 337 g/mol. The molecule has 3 aromatic rings. The van der Waals surface area contributed by atoms with Crippen molar-refractivity contribution in [1.82, 2.24) is 9.97 Å². The fourth-order valence-corrected chi connectivity index (χ4v) is 2.11. The maximum atomic E-state index is 14.3. The van der Waals surface area contributed by atoms with E-state index in [1.54, 1.807) is 0 Å². The van der Waals surface area contributed by atoms with Crippen LogP contribution in [0.1, 0.15) is 10.5 Å².